The lowest BCUT2D eigenvalue weighted by atomic mass is 10.2. The van der Waals surface area contributed by atoms with Crippen LogP contribution in [-0.2, 0) is 0 Å². The molecule has 2 rings (SSSR count). The van der Waals surface area contributed by atoms with Gasteiger partial charge in [0.05, 0.1) is 0 Å². The fourth-order valence-corrected chi connectivity index (χ4v) is 1.46. The van der Waals surface area contributed by atoms with Gasteiger partial charge in [-0.05, 0) is 12.8 Å². The highest BCUT2D eigenvalue weighted by molar-refractivity contribution is 5.60. The minimum Gasteiger partial charge on any atom is -0.292 e. The summed E-state index contributed by atoms with van der Waals surface area (Å²) in [7, 11) is 0. The van der Waals surface area contributed by atoms with Crippen LogP contribution in [-0.4, -0.2) is 37.9 Å². The van der Waals surface area contributed by atoms with Crippen molar-refractivity contribution in [2.45, 2.75) is 25.2 Å². The normalized spacial score (nSPS) is 35.3. The minimum atomic E-state index is 0.148. The Kier molecular flexibility index (Phi) is 2.48. The molecule has 0 saturated heterocycles. The Bertz CT molecular complexity index is 177. The van der Waals surface area contributed by atoms with E-state index in [4.69, 9.17) is 0 Å². The zero-order valence-electron chi connectivity index (χ0n) is 7.03. The zero-order chi connectivity index (χ0) is 8.23. The molecule has 0 spiro atoms. The van der Waals surface area contributed by atoms with Crippen LogP contribution < -0.4 is 10.6 Å². The number of nitrogens with zero attached hydrogens (tertiary/aromatic N) is 2. The molecule has 2 atom stereocenters. The Labute approximate surface area is 72.2 Å². The van der Waals surface area contributed by atoms with Crippen molar-refractivity contribution in [3.63, 3.8) is 0 Å². The summed E-state index contributed by atoms with van der Waals surface area (Å²) in [4.78, 5) is 8.68. The van der Waals surface area contributed by atoms with E-state index in [1.807, 2.05) is 12.4 Å². The predicted octanol–water partition coefficient (Wildman–Crippen LogP) is -0.233. The van der Waals surface area contributed by atoms with Gasteiger partial charge in [0.1, 0.15) is 12.3 Å². The summed E-state index contributed by atoms with van der Waals surface area (Å²) in [6.45, 7) is 2.03. The lowest BCUT2D eigenvalue weighted by Gasteiger charge is -2.26. The number of nitrogens with one attached hydrogen (secondary N) is 2. The van der Waals surface area contributed by atoms with Crippen molar-refractivity contribution in [3.8, 4) is 0 Å². The molecule has 2 aliphatic heterocycles. The van der Waals surface area contributed by atoms with Gasteiger partial charge in [-0.15, -0.1) is 0 Å². The maximum atomic E-state index is 4.34. The highest BCUT2D eigenvalue weighted by Crippen LogP contribution is 2.03. The van der Waals surface area contributed by atoms with Crippen molar-refractivity contribution in [1.29, 1.82) is 0 Å². The molecule has 0 aromatic carbocycles. The number of hydrogen-bond donors (Lipinski definition) is 2. The molecule has 4 heteroatoms. The van der Waals surface area contributed by atoms with Crippen LogP contribution in [0.5, 0.6) is 0 Å². The largest absolute Gasteiger partial charge is 0.292 e. The van der Waals surface area contributed by atoms with Crippen LogP contribution in [0.15, 0.2) is 9.98 Å². The standard InChI is InChI=1S/C8H14N4/c1-3-9-7(10-4-1)8-11-5-2-6-12-8/h3,5,7-8,10,12H,1-2,4,6H2. The Morgan fingerprint density at radius 3 is 1.75 bits per heavy atom. The smallest absolute Gasteiger partial charge is 0.135 e. The van der Waals surface area contributed by atoms with E-state index in [-0.39, 0.29) is 12.3 Å². The maximum absolute atomic E-state index is 4.34. The molecule has 0 saturated carbocycles. The van der Waals surface area contributed by atoms with Crippen molar-refractivity contribution < 1.29 is 0 Å². The molecule has 4 nitrogen and oxygen atoms in total. The van der Waals surface area contributed by atoms with E-state index in [9.17, 15) is 0 Å². The zero-order valence-corrected chi connectivity index (χ0v) is 7.03. The number of rotatable bonds is 1. The topological polar surface area (TPSA) is 48.8 Å². The molecule has 0 bridgehead atoms. The van der Waals surface area contributed by atoms with Crippen LogP contribution >= 0.6 is 0 Å². The van der Waals surface area contributed by atoms with Crippen molar-refractivity contribution in [1.82, 2.24) is 10.6 Å². The molecule has 0 radical (unpaired) electrons. The van der Waals surface area contributed by atoms with E-state index in [1.54, 1.807) is 0 Å². The van der Waals surface area contributed by atoms with Gasteiger partial charge in [0.15, 0.2) is 0 Å². The van der Waals surface area contributed by atoms with E-state index in [1.165, 1.54) is 0 Å². The quantitative estimate of drug-likeness (QED) is 0.565. The van der Waals surface area contributed by atoms with Gasteiger partial charge < -0.3 is 0 Å². The van der Waals surface area contributed by atoms with Crippen molar-refractivity contribution in [2.24, 2.45) is 9.98 Å². The average molecular weight is 166 g/mol. The SMILES string of the molecule is C1=NC(C2N=CCCN2)NCC1. The van der Waals surface area contributed by atoms with Crippen LogP contribution in [0.4, 0.5) is 0 Å². The summed E-state index contributed by atoms with van der Waals surface area (Å²) in [5.41, 5.74) is 0. The van der Waals surface area contributed by atoms with E-state index in [0.717, 1.165) is 25.9 Å². The number of hydrogen-bond acceptors (Lipinski definition) is 4. The fraction of sp³-hybridized carbons (Fsp3) is 0.750. The molecule has 12 heavy (non-hydrogen) atoms. The summed E-state index contributed by atoms with van der Waals surface area (Å²) < 4.78 is 0. The minimum absolute atomic E-state index is 0.148. The molecule has 0 aliphatic carbocycles. The first-order valence-electron chi connectivity index (χ1n) is 4.47. The Morgan fingerprint density at radius 2 is 1.42 bits per heavy atom. The maximum Gasteiger partial charge on any atom is 0.135 e. The van der Waals surface area contributed by atoms with Crippen molar-refractivity contribution >= 4 is 12.4 Å². The fourth-order valence-electron chi connectivity index (χ4n) is 1.46. The molecular formula is C8H14N4. The first-order chi connectivity index (χ1) is 5.97. The molecule has 2 aliphatic rings. The summed E-state index contributed by atoms with van der Waals surface area (Å²) in [5.74, 6) is 0. The van der Waals surface area contributed by atoms with Crippen LogP contribution in [0.3, 0.4) is 0 Å². The highest BCUT2D eigenvalue weighted by Gasteiger charge is 2.20. The number of aliphatic imine (C=N–C) groups is 2. The van der Waals surface area contributed by atoms with Crippen LogP contribution in [0.2, 0.25) is 0 Å². The van der Waals surface area contributed by atoms with E-state index < -0.39 is 0 Å². The third kappa shape index (κ3) is 1.70. The van der Waals surface area contributed by atoms with Gasteiger partial charge in [-0.2, -0.15) is 0 Å². The Balaban J connectivity index is 1.97. The molecule has 2 heterocycles. The average Bonchev–Trinajstić information content (AvgIpc) is 2.21. The molecule has 0 amide bonds. The second-order valence-corrected chi connectivity index (χ2v) is 3.04. The molecule has 2 unspecified atom stereocenters. The van der Waals surface area contributed by atoms with Gasteiger partial charge in [0, 0.05) is 25.5 Å². The molecule has 2 N–H and O–H groups in total. The van der Waals surface area contributed by atoms with Gasteiger partial charge in [-0.1, -0.05) is 0 Å². The molecule has 0 aromatic heterocycles. The van der Waals surface area contributed by atoms with Gasteiger partial charge in [-0.3, -0.25) is 20.6 Å². The van der Waals surface area contributed by atoms with Crippen LogP contribution in [0.25, 0.3) is 0 Å². The Morgan fingerprint density at radius 1 is 0.917 bits per heavy atom. The second-order valence-electron chi connectivity index (χ2n) is 3.04. The predicted molar refractivity (Wildman–Crippen MR) is 49.8 cm³/mol. The molecule has 0 aromatic rings. The molecule has 0 fully saturated rings. The third-order valence-corrected chi connectivity index (χ3v) is 2.08. The third-order valence-electron chi connectivity index (χ3n) is 2.08. The summed E-state index contributed by atoms with van der Waals surface area (Å²) in [6, 6.07) is 0. The summed E-state index contributed by atoms with van der Waals surface area (Å²) >= 11 is 0. The molecular weight excluding hydrogens is 152 g/mol. The lowest BCUT2D eigenvalue weighted by molar-refractivity contribution is 0.379. The van der Waals surface area contributed by atoms with Gasteiger partial charge in [0.2, 0.25) is 0 Å². The van der Waals surface area contributed by atoms with E-state index in [0.29, 0.717) is 0 Å². The van der Waals surface area contributed by atoms with Crippen molar-refractivity contribution in [2.75, 3.05) is 13.1 Å². The van der Waals surface area contributed by atoms with Crippen molar-refractivity contribution in [3.05, 3.63) is 0 Å². The van der Waals surface area contributed by atoms with Crippen LogP contribution in [0, 0.1) is 0 Å². The summed E-state index contributed by atoms with van der Waals surface area (Å²) in [5, 5.41) is 6.63. The van der Waals surface area contributed by atoms with Gasteiger partial charge in [0.25, 0.3) is 0 Å². The van der Waals surface area contributed by atoms with Gasteiger partial charge >= 0.3 is 0 Å². The first kappa shape index (κ1) is 7.89. The van der Waals surface area contributed by atoms with Gasteiger partial charge in [-0.25, -0.2) is 0 Å². The summed E-state index contributed by atoms with van der Waals surface area (Å²) in [6.07, 6.45) is 6.32. The second kappa shape index (κ2) is 3.78. The highest BCUT2D eigenvalue weighted by atomic mass is 15.2. The van der Waals surface area contributed by atoms with E-state index >= 15 is 0 Å². The van der Waals surface area contributed by atoms with E-state index in [2.05, 4.69) is 20.6 Å². The molecule has 66 valence electrons. The lowest BCUT2D eigenvalue weighted by Crippen LogP contribution is -2.49. The van der Waals surface area contributed by atoms with Crippen LogP contribution in [0.1, 0.15) is 12.8 Å². The first-order valence-corrected chi connectivity index (χ1v) is 4.47. The Hall–Kier alpha value is -0.740. The monoisotopic (exact) mass is 166 g/mol.